The van der Waals surface area contributed by atoms with Gasteiger partial charge in [-0.15, -0.1) is 0 Å². The number of carbonyl (C=O) groups excluding carboxylic acids is 1. The third kappa shape index (κ3) is 8.52. The Morgan fingerprint density at radius 1 is 0.971 bits per heavy atom. The van der Waals surface area contributed by atoms with Gasteiger partial charge in [0.25, 0.3) is 5.91 Å². The SMILES string of the molecule is CCCN(CCC)S(=O)(=O)c1ccc(C(=O)N(C)CCCCCCNc2ccnc(Cl)n2)cc1. The highest BCUT2D eigenvalue weighted by atomic mass is 35.5. The van der Waals surface area contributed by atoms with Crippen LogP contribution in [0.15, 0.2) is 41.4 Å². The zero-order chi connectivity index (χ0) is 25.0. The minimum atomic E-state index is -3.54. The fourth-order valence-corrected chi connectivity index (χ4v) is 5.34. The lowest BCUT2D eigenvalue weighted by atomic mass is 10.1. The van der Waals surface area contributed by atoms with Gasteiger partial charge in [0.05, 0.1) is 4.90 Å². The number of hydrogen-bond acceptors (Lipinski definition) is 6. The number of sulfonamides is 1. The van der Waals surface area contributed by atoms with Crippen LogP contribution in [0, 0.1) is 0 Å². The zero-order valence-electron chi connectivity index (χ0n) is 20.3. The Morgan fingerprint density at radius 2 is 1.62 bits per heavy atom. The van der Waals surface area contributed by atoms with Crippen LogP contribution in [0.5, 0.6) is 0 Å². The van der Waals surface area contributed by atoms with Gasteiger partial charge in [-0.25, -0.2) is 18.4 Å². The average molecular weight is 510 g/mol. The first kappa shape index (κ1) is 28.0. The van der Waals surface area contributed by atoms with Crippen molar-refractivity contribution < 1.29 is 13.2 Å². The molecule has 0 bridgehead atoms. The molecule has 0 aliphatic heterocycles. The molecular formula is C24H36ClN5O3S. The maximum absolute atomic E-state index is 12.9. The molecule has 2 aromatic rings. The molecule has 0 spiro atoms. The number of anilines is 1. The third-order valence-electron chi connectivity index (χ3n) is 5.38. The van der Waals surface area contributed by atoms with Crippen molar-refractivity contribution in [2.45, 2.75) is 57.3 Å². The van der Waals surface area contributed by atoms with Crippen molar-refractivity contribution in [1.82, 2.24) is 19.2 Å². The molecule has 1 aromatic carbocycles. The highest BCUT2D eigenvalue weighted by Gasteiger charge is 2.23. The lowest BCUT2D eigenvalue weighted by Crippen LogP contribution is -2.32. The molecule has 2 rings (SSSR count). The summed E-state index contributed by atoms with van der Waals surface area (Å²) in [5, 5.41) is 3.44. The summed E-state index contributed by atoms with van der Waals surface area (Å²) in [5.74, 6) is 0.609. The van der Waals surface area contributed by atoms with Crippen LogP contribution in [0.3, 0.4) is 0 Å². The van der Waals surface area contributed by atoms with Crippen LogP contribution in [0.2, 0.25) is 5.28 Å². The summed E-state index contributed by atoms with van der Waals surface area (Å²) in [6.07, 6.45) is 7.06. The van der Waals surface area contributed by atoms with E-state index >= 15 is 0 Å². The van der Waals surface area contributed by atoms with E-state index in [2.05, 4.69) is 15.3 Å². The van der Waals surface area contributed by atoms with E-state index in [1.807, 2.05) is 13.8 Å². The Kier molecular flexibility index (Phi) is 11.7. The first-order valence-corrected chi connectivity index (χ1v) is 13.7. The molecule has 1 amide bonds. The number of amides is 1. The molecule has 0 saturated carbocycles. The lowest BCUT2D eigenvalue weighted by molar-refractivity contribution is 0.0792. The molecule has 10 heteroatoms. The van der Waals surface area contributed by atoms with Crippen molar-refractivity contribution >= 4 is 33.3 Å². The smallest absolute Gasteiger partial charge is 0.253 e. The Balaban J connectivity index is 1.76. The summed E-state index contributed by atoms with van der Waals surface area (Å²) < 4.78 is 27.3. The van der Waals surface area contributed by atoms with Crippen LogP contribution in [0.25, 0.3) is 0 Å². The van der Waals surface area contributed by atoms with Crippen molar-refractivity contribution in [3.8, 4) is 0 Å². The Morgan fingerprint density at radius 3 is 2.24 bits per heavy atom. The van der Waals surface area contributed by atoms with Crippen molar-refractivity contribution in [2.24, 2.45) is 0 Å². The van der Waals surface area contributed by atoms with Gasteiger partial charge in [0, 0.05) is 45.0 Å². The van der Waals surface area contributed by atoms with Crippen molar-refractivity contribution in [3.63, 3.8) is 0 Å². The van der Waals surface area contributed by atoms with Crippen molar-refractivity contribution in [2.75, 3.05) is 38.5 Å². The van der Waals surface area contributed by atoms with Gasteiger partial charge in [-0.2, -0.15) is 4.31 Å². The van der Waals surface area contributed by atoms with Crippen LogP contribution in [0.1, 0.15) is 62.7 Å². The molecule has 34 heavy (non-hydrogen) atoms. The number of aromatic nitrogens is 2. The lowest BCUT2D eigenvalue weighted by Gasteiger charge is -2.21. The van der Waals surface area contributed by atoms with Crippen LogP contribution >= 0.6 is 11.6 Å². The molecule has 1 heterocycles. The van der Waals surface area contributed by atoms with E-state index in [-0.39, 0.29) is 16.1 Å². The summed E-state index contributed by atoms with van der Waals surface area (Å²) in [6.45, 7) is 6.35. The van der Waals surface area contributed by atoms with Crippen LogP contribution in [-0.2, 0) is 10.0 Å². The number of carbonyl (C=O) groups is 1. The van der Waals surface area contributed by atoms with Crippen LogP contribution < -0.4 is 5.32 Å². The summed E-state index contributed by atoms with van der Waals surface area (Å²) >= 11 is 5.77. The van der Waals surface area contributed by atoms with Gasteiger partial charge >= 0.3 is 0 Å². The molecule has 0 atom stereocenters. The molecule has 1 aromatic heterocycles. The summed E-state index contributed by atoms with van der Waals surface area (Å²) in [6, 6.07) is 8.06. The predicted octanol–water partition coefficient (Wildman–Crippen LogP) is 4.69. The van der Waals surface area contributed by atoms with E-state index in [0.717, 1.165) is 45.1 Å². The topological polar surface area (TPSA) is 95.5 Å². The number of halogens is 1. The largest absolute Gasteiger partial charge is 0.370 e. The second-order valence-corrected chi connectivity index (χ2v) is 10.5. The summed E-state index contributed by atoms with van der Waals surface area (Å²) in [5.41, 5.74) is 0.492. The number of benzene rings is 1. The van der Waals surface area contributed by atoms with Gasteiger partial charge in [-0.1, -0.05) is 26.7 Å². The van der Waals surface area contributed by atoms with Gasteiger partial charge in [0.15, 0.2) is 0 Å². The number of nitrogens with one attached hydrogen (secondary N) is 1. The van der Waals surface area contributed by atoms with Gasteiger partial charge in [0.2, 0.25) is 15.3 Å². The highest BCUT2D eigenvalue weighted by Crippen LogP contribution is 2.18. The molecule has 0 fully saturated rings. The van der Waals surface area contributed by atoms with E-state index in [1.165, 1.54) is 16.4 Å². The first-order valence-electron chi connectivity index (χ1n) is 11.9. The fourth-order valence-electron chi connectivity index (χ4n) is 3.57. The zero-order valence-corrected chi connectivity index (χ0v) is 21.9. The summed E-state index contributed by atoms with van der Waals surface area (Å²) in [4.78, 5) is 22.6. The van der Waals surface area contributed by atoms with Gasteiger partial charge in [0.1, 0.15) is 5.82 Å². The van der Waals surface area contributed by atoms with Crippen LogP contribution in [-0.4, -0.2) is 66.7 Å². The van der Waals surface area contributed by atoms with E-state index in [0.29, 0.717) is 31.0 Å². The van der Waals surface area contributed by atoms with Gasteiger partial charge < -0.3 is 10.2 Å². The third-order valence-corrected chi connectivity index (χ3v) is 7.48. The van der Waals surface area contributed by atoms with Gasteiger partial charge in [-0.3, -0.25) is 4.79 Å². The second kappa shape index (κ2) is 14.2. The Hall–Kier alpha value is -2.23. The average Bonchev–Trinajstić information content (AvgIpc) is 2.82. The van der Waals surface area contributed by atoms with E-state index in [9.17, 15) is 13.2 Å². The number of nitrogens with zero attached hydrogens (tertiary/aromatic N) is 4. The number of unbranched alkanes of at least 4 members (excludes halogenated alkanes) is 3. The standard InChI is InChI=1S/C24H36ClN5O3S/c1-4-17-30(18-5-2)34(32,33)21-12-10-20(11-13-21)23(31)29(3)19-9-7-6-8-15-26-22-14-16-27-24(25)28-22/h10-14,16H,4-9,15,17-19H2,1-3H3,(H,26,27,28). The minimum Gasteiger partial charge on any atom is -0.370 e. The minimum absolute atomic E-state index is 0.106. The Bertz CT molecular complexity index is 996. The molecule has 188 valence electrons. The number of hydrogen-bond donors (Lipinski definition) is 1. The molecule has 0 saturated heterocycles. The molecule has 0 aliphatic carbocycles. The van der Waals surface area contributed by atoms with E-state index < -0.39 is 10.0 Å². The molecular weight excluding hydrogens is 474 g/mol. The monoisotopic (exact) mass is 509 g/mol. The van der Waals surface area contributed by atoms with Crippen molar-refractivity contribution in [3.05, 3.63) is 47.4 Å². The molecule has 0 aliphatic rings. The number of rotatable bonds is 15. The van der Waals surface area contributed by atoms with E-state index in [1.54, 1.807) is 36.3 Å². The normalized spacial score (nSPS) is 11.6. The van der Waals surface area contributed by atoms with Gasteiger partial charge in [-0.05, 0) is 67.6 Å². The van der Waals surface area contributed by atoms with Crippen LogP contribution in [0.4, 0.5) is 5.82 Å². The quantitative estimate of drug-likeness (QED) is 0.276. The summed E-state index contributed by atoms with van der Waals surface area (Å²) in [7, 11) is -1.77. The van der Waals surface area contributed by atoms with Crippen molar-refractivity contribution in [1.29, 1.82) is 0 Å². The predicted molar refractivity (Wildman–Crippen MR) is 137 cm³/mol. The first-order chi connectivity index (χ1) is 16.3. The maximum atomic E-state index is 12.9. The second-order valence-electron chi connectivity index (χ2n) is 8.21. The molecule has 1 N–H and O–H groups in total. The molecule has 0 radical (unpaired) electrons. The molecule has 8 nitrogen and oxygen atoms in total. The highest BCUT2D eigenvalue weighted by molar-refractivity contribution is 7.89. The van der Waals surface area contributed by atoms with E-state index in [4.69, 9.17) is 11.6 Å². The fraction of sp³-hybridized carbons (Fsp3) is 0.542. The maximum Gasteiger partial charge on any atom is 0.253 e. The molecule has 0 unspecified atom stereocenters. The Labute approximate surface area is 208 Å².